The highest BCUT2D eigenvalue weighted by atomic mass is 16.6. The van der Waals surface area contributed by atoms with Crippen molar-refractivity contribution in [3.8, 4) is 5.75 Å². The molecule has 1 aliphatic heterocycles. The molecular weight excluding hydrogens is 428 g/mol. The molecule has 3 aromatic carbocycles. The van der Waals surface area contributed by atoms with Crippen LogP contribution in [0.25, 0.3) is 0 Å². The number of nitrogens with two attached hydrogens (primary N) is 1. The highest BCUT2D eigenvalue weighted by molar-refractivity contribution is 5.97. The first kappa shape index (κ1) is 23.5. The van der Waals surface area contributed by atoms with E-state index in [9.17, 15) is 9.59 Å². The molecule has 0 aliphatic carbocycles. The third-order valence-corrected chi connectivity index (χ3v) is 6.02. The largest absolute Gasteiger partial charge is 0.479 e. The maximum atomic E-state index is 13.0. The minimum atomic E-state index is -0.993. The fraction of sp³-hybridized carbons (Fsp3) is 0.286. The SMILES string of the molecule is CC1Oc2ccc(C(N)C(=O)OC(C)(C)CC(c3ccccc3)c3ccccc3)cc2NC1=O. The van der Waals surface area contributed by atoms with Gasteiger partial charge in [0.15, 0.2) is 6.10 Å². The lowest BCUT2D eigenvalue weighted by molar-refractivity contribution is -0.159. The van der Waals surface area contributed by atoms with Crippen LogP contribution in [0.1, 0.15) is 55.8 Å². The molecule has 1 aliphatic rings. The van der Waals surface area contributed by atoms with Crippen LogP contribution >= 0.6 is 0 Å². The van der Waals surface area contributed by atoms with E-state index in [1.807, 2.05) is 50.2 Å². The van der Waals surface area contributed by atoms with E-state index < -0.39 is 23.7 Å². The molecule has 0 fully saturated rings. The van der Waals surface area contributed by atoms with E-state index >= 15 is 0 Å². The molecule has 3 aromatic rings. The summed E-state index contributed by atoms with van der Waals surface area (Å²) in [6.07, 6.45) is 0.0193. The minimum Gasteiger partial charge on any atom is -0.479 e. The average molecular weight is 459 g/mol. The molecule has 0 radical (unpaired) electrons. The van der Waals surface area contributed by atoms with Gasteiger partial charge in [-0.15, -0.1) is 0 Å². The Balaban J connectivity index is 1.50. The van der Waals surface area contributed by atoms with Crippen LogP contribution in [0.3, 0.4) is 0 Å². The summed E-state index contributed by atoms with van der Waals surface area (Å²) in [7, 11) is 0. The number of anilines is 1. The predicted molar refractivity (Wildman–Crippen MR) is 132 cm³/mol. The van der Waals surface area contributed by atoms with E-state index in [1.54, 1.807) is 25.1 Å². The molecule has 0 aromatic heterocycles. The summed E-state index contributed by atoms with van der Waals surface area (Å²) in [6.45, 7) is 5.48. The zero-order chi connectivity index (χ0) is 24.3. The molecule has 1 amide bonds. The standard InChI is InChI=1S/C28H30N2O4/c1-18-26(31)30-23-16-21(14-15-24(23)33-18)25(29)27(32)34-28(2,3)17-22(19-10-6-4-7-11-19)20-12-8-5-9-13-20/h4-16,18,22,25H,17,29H2,1-3H3,(H,30,31). The molecule has 0 saturated heterocycles. The molecule has 2 unspecified atom stereocenters. The first-order valence-electron chi connectivity index (χ1n) is 11.4. The van der Waals surface area contributed by atoms with Crippen molar-refractivity contribution in [2.75, 3.05) is 5.32 Å². The number of esters is 1. The molecule has 6 nitrogen and oxygen atoms in total. The summed E-state index contributed by atoms with van der Waals surface area (Å²) in [5, 5.41) is 2.78. The lowest BCUT2D eigenvalue weighted by Crippen LogP contribution is -2.36. The third-order valence-electron chi connectivity index (χ3n) is 6.02. The highest BCUT2D eigenvalue weighted by Crippen LogP contribution is 2.36. The van der Waals surface area contributed by atoms with Crippen LogP contribution in [0, 0.1) is 0 Å². The molecule has 2 atom stereocenters. The van der Waals surface area contributed by atoms with Crippen LogP contribution in [0.15, 0.2) is 78.9 Å². The predicted octanol–water partition coefficient (Wildman–Crippen LogP) is 4.95. The van der Waals surface area contributed by atoms with Crippen LogP contribution in [-0.2, 0) is 14.3 Å². The van der Waals surface area contributed by atoms with Crippen molar-refractivity contribution < 1.29 is 19.1 Å². The van der Waals surface area contributed by atoms with E-state index in [1.165, 1.54) is 0 Å². The zero-order valence-corrected chi connectivity index (χ0v) is 19.7. The first-order chi connectivity index (χ1) is 16.2. The van der Waals surface area contributed by atoms with Crippen LogP contribution in [0.4, 0.5) is 5.69 Å². The van der Waals surface area contributed by atoms with Gasteiger partial charge in [-0.3, -0.25) is 4.79 Å². The number of nitrogens with one attached hydrogen (secondary N) is 1. The Morgan fingerprint density at radius 2 is 1.59 bits per heavy atom. The monoisotopic (exact) mass is 458 g/mol. The molecule has 34 heavy (non-hydrogen) atoms. The molecule has 0 saturated carbocycles. The molecule has 4 rings (SSSR count). The Hall–Kier alpha value is -3.64. The molecule has 0 bridgehead atoms. The van der Waals surface area contributed by atoms with Gasteiger partial charge in [0.05, 0.1) is 5.69 Å². The lowest BCUT2D eigenvalue weighted by atomic mass is 9.83. The van der Waals surface area contributed by atoms with E-state index in [0.717, 1.165) is 11.1 Å². The van der Waals surface area contributed by atoms with Crippen molar-refractivity contribution in [3.05, 3.63) is 95.6 Å². The van der Waals surface area contributed by atoms with E-state index in [4.69, 9.17) is 15.2 Å². The van der Waals surface area contributed by atoms with Gasteiger partial charge in [-0.25, -0.2) is 4.79 Å². The van der Waals surface area contributed by atoms with Gasteiger partial charge in [0, 0.05) is 5.92 Å². The lowest BCUT2D eigenvalue weighted by Gasteiger charge is -2.31. The molecule has 6 heteroatoms. The molecule has 3 N–H and O–H groups in total. The minimum absolute atomic E-state index is 0.0551. The van der Waals surface area contributed by atoms with Gasteiger partial charge in [0.1, 0.15) is 17.4 Å². The van der Waals surface area contributed by atoms with Crippen LogP contribution in [-0.4, -0.2) is 23.6 Å². The second-order valence-electron chi connectivity index (χ2n) is 9.24. The van der Waals surface area contributed by atoms with Crippen molar-refractivity contribution in [1.82, 2.24) is 0 Å². The summed E-state index contributed by atoms with van der Waals surface area (Å²) in [5.74, 6) is -0.166. The van der Waals surface area contributed by atoms with Gasteiger partial charge in [-0.2, -0.15) is 0 Å². The van der Waals surface area contributed by atoms with Crippen molar-refractivity contribution in [3.63, 3.8) is 0 Å². The first-order valence-corrected chi connectivity index (χ1v) is 11.4. The number of ether oxygens (including phenoxy) is 2. The van der Waals surface area contributed by atoms with E-state index in [2.05, 4.69) is 29.6 Å². The van der Waals surface area contributed by atoms with E-state index in [0.29, 0.717) is 23.4 Å². The van der Waals surface area contributed by atoms with Gasteiger partial charge in [0.25, 0.3) is 5.91 Å². The van der Waals surface area contributed by atoms with Gasteiger partial charge in [0.2, 0.25) is 0 Å². The summed E-state index contributed by atoms with van der Waals surface area (Å²) in [6, 6.07) is 24.5. The Bertz CT molecular complexity index is 1120. The number of carbonyl (C=O) groups is 2. The number of carbonyl (C=O) groups excluding carboxylic acids is 2. The molecular formula is C28H30N2O4. The van der Waals surface area contributed by atoms with Crippen LogP contribution < -0.4 is 15.8 Å². The number of hydrogen-bond donors (Lipinski definition) is 2. The molecule has 0 spiro atoms. The maximum Gasteiger partial charge on any atom is 0.328 e. The summed E-state index contributed by atoms with van der Waals surface area (Å²) in [4.78, 5) is 25.0. The van der Waals surface area contributed by atoms with Crippen molar-refractivity contribution in [2.45, 2.75) is 50.9 Å². The second-order valence-corrected chi connectivity index (χ2v) is 9.24. The third kappa shape index (κ3) is 5.29. The Morgan fingerprint density at radius 3 is 2.18 bits per heavy atom. The fourth-order valence-corrected chi connectivity index (χ4v) is 4.22. The van der Waals surface area contributed by atoms with Crippen molar-refractivity contribution in [2.24, 2.45) is 5.73 Å². The summed E-state index contributed by atoms with van der Waals surface area (Å²) >= 11 is 0. The number of amides is 1. The topological polar surface area (TPSA) is 90.7 Å². The second kappa shape index (κ2) is 9.69. The molecule has 176 valence electrons. The van der Waals surface area contributed by atoms with Gasteiger partial charge < -0.3 is 20.5 Å². The quantitative estimate of drug-likeness (QED) is 0.489. The van der Waals surface area contributed by atoms with Gasteiger partial charge in [-0.1, -0.05) is 66.7 Å². The van der Waals surface area contributed by atoms with Crippen LogP contribution in [0.5, 0.6) is 5.75 Å². The van der Waals surface area contributed by atoms with Crippen molar-refractivity contribution >= 4 is 17.6 Å². The number of rotatable bonds is 7. The number of fused-ring (bicyclic) bond motifs is 1. The fourth-order valence-electron chi connectivity index (χ4n) is 4.22. The smallest absolute Gasteiger partial charge is 0.328 e. The normalized spacial score (nSPS) is 16.3. The van der Waals surface area contributed by atoms with Crippen molar-refractivity contribution in [1.29, 1.82) is 0 Å². The Morgan fingerprint density at radius 1 is 1.00 bits per heavy atom. The number of benzene rings is 3. The van der Waals surface area contributed by atoms with E-state index in [-0.39, 0.29) is 11.8 Å². The average Bonchev–Trinajstić information content (AvgIpc) is 2.83. The Labute approximate surface area is 200 Å². The highest BCUT2D eigenvalue weighted by Gasteiger charge is 2.32. The summed E-state index contributed by atoms with van der Waals surface area (Å²) < 4.78 is 11.5. The van der Waals surface area contributed by atoms with Gasteiger partial charge in [-0.05, 0) is 56.0 Å². The summed E-state index contributed by atoms with van der Waals surface area (Å²) in [5.41, 5.74) is 8.84. The van der Waals surface area contributed by atoms with Crippen LogP contribution in [0.2, 0.25) is 0 Å². The zero-order valence-electron chi connectivity index (χ0n) is 19.7. The molecule has 1 heterocycles. The number of hydrogen-bond acceptors (Lipinski definition) is 5. The Kier molecular flexibility index (Phi) is 6.70. The van der Waals surface area contributed by atoms with Gasteiger partial charge >= 0.3 is 5.97 Å². The maximum absolute atomic E-state index is 13.0.